The Morgan fingerprint density at radius 3 is 1.44 bits per heavy atom. The smallest absolute Gasteiger partial charge is 0.166 e. The molecule has 4 aromatic heterocycles. The van der Waals surface area contributed by atoms with Crippen LogP contribution in [-0.4, -0.2) is 24.1 Å². The quantitative estimate of drug-likeness (QED) is 0.162. The van der Waals surface area contributed by atoms with Crippen LogP contribution in [0.4, 0.5) is 0 Å². The number of para-hydroxylation sites is 2. The van der Waals surface area contributed by atoms with Gasteiger partial charge in [0.2, 0.25) is 0 Å². The molecular formula is C57H37N5. The number of nitrogens with zero attached hydrogens (tertiary/aromatic N) is 5. The second-order valence-electron chi connectivity index (χ2n) is 15.6. The van der Waals surface area contributed by atoms with Crippen molar-refractivity contribution >= 4 is 43.6 Å². The van der Waals surface area contributed by atoms with E-state index in [2.05, 4.69) is 197 Å². The third kappa shape index (κ3) is 5.90. The summed E-state index contributed by atoms with van der Waals surface area (Å²) in [4.78, 5) is 16.1. The third-order valence-electron chi connectivity index (χ3n) is 12.0. The Labute approximate surface area is 358 Å². The summed E-state index contributed by atoms with van der Waals surface area (Å²) in [6.45, 7) is 0. The number of rotatable bonds is 7. The van der Waals surface area contributed by atoms with Gasteiger partial charge in [0.05, 0.1) is 39.1 Å². The van der Waals surface area contributed by atoms with Crippen molar-refractivity contribution in [3.05, 3.63) is 225 Å². The van der Waals surface area contributed by atoms with Crippen LogP contribution in [0.1, 0.15) is 0 Å². The molecule has 5 nitrogen and oxygen atoms in total. The molecule has 4 heterocycles. The van der Waals surface area contributed by atoms with Gasteiger partial charge < -0.3 is 4.57 Å². The van der Waals surface area contributed by atoms with Crippen LogP contribution in [0.3, 0.4) is 0 Å². The van der Waals surface area contributed by atoms with Crippen LogP contribution in [0, 0.1) is 0 Å². The SMILES string of the molecule is c1ccc(-c2ccc3c4cc(-c5ccc6c(c5)c5ccccc5n6-c5ccccc5)ccc4n(-c4nc(-c5ccccc5)c(-c5ccccc5)nc4-c4ccccn4)c3c2)cc1. The van der Waals surface area contributed by atoms with Crippen molar-refractivity contribution in [2.24, 2.45) is 0 Å². The van der Waals surface area contributed by atoms with Gasteiger partial charge in [-0.15, -0.1) is 0 Å². The van der Waals surface area contributed by atoms with Crippen molar-refractivity contribution in [1.29, 1.82) is 0 Å². The summed E-state index contributed by atoms with van der Waals surface area (Å²) in [5.41, 5.74) is 15.2. The summed E-state index contributed by atoms with van der Waals surface area (Å²) in [7, 11) is 0. The van der Waals surface area contributed by atoms with E-state index in [1.54, 1.807) is 0 Å². The summed E-state index contributed by atoms with van der Waals surface area (Å²) in [6.07, 6.45) is 1.83. The van der Waals surface area contributed by atoms with Crippen molar-refractivity contribution in [2.75, 3.05) is 0 Å². The van der Waals surface area contributed by atoms with E-state index in [9.17, 15) is 0 Å². The van der Waals surface area contributed by atoms with Gasteiger partial charge in [0.15, 0.2) is 5.82 Å². The maximum absolute atomic E-state index is 5.67. The minimum atomic E-state index is 0.706. The lowest BCUT2D eigenvalue weighted by Crippen LogP contribution is -2.07. The van der Waals surface area contributed by atoms with Gasteiger partial charge in [-0.1, -0.05) is 158 Å². The predicted molar refractivity (Wildman–Crippen MR) is 256 cm³/mol. The summed E-state index contributed by atoms with van der Waals surface area (Å²) in [6, 6.07) is 77.1. The summed E-state index contributed by atoms with van der Waals surface area (Å²) in [5.74, 6) is 0.718. The molecule has 0 spiro atoms. The maximum Gasteiger partial charge on any atom is 0.166 e. The molecule has 0 N–H and O–H groups in total. The zero-order valence-electron chi connectivity index (χ0n) is 33.6. The van der Waals surface area contributed by atoms with Crippen molar-refractivity contribution < 1.29 is 0 Å². The number of benzene rings is 8. The monoisotopic (exact) mass is 791 g/mol. The molecule has 5 heteroatoms. The van der Waals surface area contributed by atoms with Crippen LogP contribution in [0.2, 0.25) is 0 Å². The molecular weight excluding hydrogens is 755 g/mol. The molecule has 0 aliphatic heterocycles. The van der Waals surface area contributed by atoms with E-state index in [4.69, 9.17) is 15.0 Å². The largest absolute Gasteiger partial charge is 0.309 e. The first-order chi connectivity index (χ1) is 30.8. The number of pyridine rings is 1. The number of aromatic nitrogens is 5. The number of hydrogen-bond donors (Lipinski definition) is 0. The standard InChI is InChI=1S/C57H37N5/c1-5-17-38(18-6-1)43-28-31-46-48-36-42(41-29-32-51-47(35-41)45-25-13-14-27-50(45)61(51)44-23-11-4-12-24-44)30-33-52(48)62(53(46)37-43)57-56(49-26-15-16-34-58-49)59-54(39-19-7-2-8-20-39)55(60-57)40-21-9-3-10-22-40/h1-37H. The minimum Gasteiger partial charge on any atom is -0.309 e. The van der Waals surface area contributed by atoms with Gasteiger partial charge in [0, 0.05) is 44.6 Å². The Bertz CT molecular complexity index is 3600. The number of fused-ring (bicyclic) bond motifs is 6. The van der Waals surface area contributed by atoms with Gasteiger partial charge in [0.25, 0.3) is 0 Å². The fourth-order valence-electron chi connectivity index (χ4n) is 9.10. The second kappa shape index (κ2) is 14.7. The molecule has 62 heavy (non-hydrogen) atoms. The van der Waals surface area contributed by atoms with E-state index in [0.717, 1.165) is 83.8 Å². The first-order valence-corrected chi connectivity index (χ1v) is 20.9. The lowest BCUT2D eigenvalue weighted by atomic mass is 9.99. The molecule has 290 valence electrons. The highest BCUT2D eigenvalue weighted by Crippen LogP contribution is 2.42. The van der Waals surface area contributed by atoms with E-state index >= 15 is 0 Å². The Balaban J connectivity index is 1.13. The highest BCUT2D eigenvalue weighted by molar-refractivity contribution is 6.13. The van der Waals surface area contributed by atoms with Crippen LogP contribution < -0.4 is 0 Å². The first kappa shape index (κ1) is 35.5. The highest BCUT2D eigenvalue weighted by atomic mass is 15.1. The molecule has 12 aromatic rings. The van der Waals surface area contributed by atoms with Crippen molar-refractivity contribution in [1.82, 2.24) is 24.1 Å². The van der Waals surface area contributed by atoms with Crippen LogP contribution in [0.5, 0.6) is 0 Å². The Kier molecular flexibility index (Phi) is 8.42. The van der Waals surface area contributed by atoms with Gasteiger partial charge in [-0.25, -0.2) is 9.97 Å². The van der Waals surface area contributed by atoms with Crippen LogP contribution in [-0.2, 0) is 0 Å². The van der Waals surface area contributed by atoms with Gasteiger partial charge in [0.1, 0.15) is 5.69 Å². The van der Waals surface area contributed by atoms with Gasteiger partial charge in [-0.05, 0) is 82.9 Å². The van der Waals surface area contributed by atoms with E-state index in [1.807, 2.05) is 36.5 Å². The molecule has 0 bridgehead atoms. The zero-order valence-corrected chi connectivity index (χ0v) is 33.6. The third-order valence-corrected chi connectivity index (χ3v) is 12.0. The topological polar surface area (TPSA) is 48.5 Å². The Hall–Kier alpha value is -8.41. The fraction of sp³-hybridized carbons (Fsp3) is 0. The predicted octanol–water partition coefficient (Wildman–Crippen LogP) is 14.4. The normalized spacial score (nSPS) is 11.5. The van der Waals surface area contributed by atoms with Crippen LogP contribution in [0.25, 0.3) is 111 Å². The molecule has 8 aromatic carbocycles. The van der Waals surface area contributed by atoms with Crippen LogP contribution >= 0.6 is 0 Å². The lowest BCUT2D eigenvalue weighted by molar-refractivity contribution is 1.05. The van der Waals surface area contributed by atoms with Crippen molar-refractivity contribution in [3.8, 4) is 67.7 Å². The zero-order chi connectivity index (χ0) is 41.0. The fourth-order valence-corrected chi connectivity index (χ4v) is 9.10. The average molecular weight is 792 g/mol. The van der Waals surface area contributed by atoms with E-state index in [0.29, 0.717) is 5.69 Å². The molecule has 0 unspecified atom stereocenters. The van der Waals surface area contributed by atoms with Gasteiger partial charge in [-0.2, -0.15) is 0 Å². The maximum atomic E-state index is 5.67. The van der Waals surface area contributed by atoms with Crippen molar-refractivity contribution in [3.63, 3.8) is 0 Å². The first-order valence-electron chi connectivity index (χ1n) is 20.9. The minimum absolute atomic E-state index is 0.706. The van der Waals surface area contributed by atoms with Crippen molar-refractivity contribution in [2.45, 2.75) is 0 Å². The highest BCUT2D eigenvalue weighted by Gasteiger charge is 2.24. The second-order valence-corrected chi connectivity index (χ2v) is 15.6. The van der Waals surface area contributed by atoms with E-state index in [1.165, 1.54) is 21.8 Å². The van der Waals surface area contributed by atoms with Gasteiger partial charge >= 0.3 is 0 Å². The molecule has 0 radical (unpaired) electrons. The lowest BCUT2D eigenvalue weighted by Gasteiger charge is -2.17. The summed E-state index contributed by atoms with van der Waals surface area (Å²) < 4.78 is 4.67. The average Bonchev–Trinajstić information content (AvgIpc) is 3.86. The number of hydrogen-bond acceptors (Lipinski definition) is 3. The summed E-state index contributed by atoms with van der Waals surface area (Å²) >= 11 is 0. The van der Waals surface area contributed by atoms with Crippen LogP contribution in [0.15, 0.2) is 225 Å². The molecule has 12 rings (SSSR count). The molecule has 0 aliphatic rings. The molecule has 0 saturated carbocycles. The molecule has 0 amide bonds. The molecule has 0 aliphatic carbocycles. The van der Waals surface area contributed by atoms with E-state index < -0.39 is 0 Å². The van der Waals surface area contributed by atoms with E-state index in [-0.39, 0.29) is 0 Å². The summed E-state index contributed by atoms with van der Waals surface area (Å²) in [5, 5.41) is 4.71. The molecule has 0 saturated heterocycles. The Morgan fingerprint density at radius 1 is 0.290 bits per heavy atom. The Morgan fingerprint density at radius 2 is 0.790 bits per heavy atom. The molecule has 0 atom stereocenters. The molecule has 0 fully saturated rings. The van der Waals surface area contributed by atoms with Gasteiger partial charge in [-0.3, -0.25) is 9.55 Å².